The molecule has 0 radical (unpaired) electrons. The number of guanidine groups is 1. The summed E-state index contributed by atoms with van der Waals surface area (Å²) in [5.41, 5.74) is 7.02. The summed E-state index contributed by atoms with van der Waals surface area (Å²) in [7, 11) is 0. The predicted octanol–water partition coefficient (Wildman–Crippen LogP) is 3.43. The van der Waals surface area contributed by atoms with Gasteiger partial charge in [0.15, 0.2) is 5.96 Å². The Labute approximate surface area is 124 Å². The number of nitrogens with two attached hydrogens (primary N) is 1. The zero-order valence-electron chi connectivity index (χ0n) is 12.4. The Hall–Kier alpha value is -1.03. The lowest BCUT2D eigenvalue weighted by Crippen LogP contribution is -2.45. The van der Waals surface area contributed by atoms with Crippen LogP contribution >= 0.6 is 15.9 Å². The van der Waals surface area contributed by atoms with Crippen molar-refractivity contribution in [2.45, 2.75) is 45.6 Å². The molecule has 3 nitrogen and oxygen atoms in total. The maximum atomic E-state index is 5.91. The highest BCUT2D eigenvalue weighted by Gasteiger charge is 2.22. The fraction of sp³-hybridized carbons (Fsp3) is 0.533. The average Bonchev–Trinajstić information content (AvgIpc) is 2.24. The lowest BCUT2D eigenvalue weighted by molar-refractivity contribution is 0.500. The number of nitrogens with one attached hydrogen (secondary N) is 1. The predicted molar refractivity (Wildman–Crippen MR) is 86.5 cm³/mol. The van der Waals surface area contributed by atoms with E-state index in [0.29, 0.717) is 12.5 Å². The van der Waals surface area contributed by atoms with Gasteiger partial charge in [0.1, 0.15) is 0 Å². The zero-order valence-corrected chi connectivity index (χ0v) is 14.0. The van der Waals surface area contributed by atoms with Crippen molar-refractivity contribution in [3.05, 3.63) is 34.3 Å². The van der Waals surface area contributed by atoms with Crippen molar-refractivity contribution in [1.29, 1.82) is 0 Å². The van der Waals surface area contributed by atoms with Gasteiger partial charge in [0.05, 0.1) is 6.54 Å². The number of benzene rings is 1. The monoisotopic (exact) mass is 325 g/mol. The molecule has 0 unspecified atom stereocenters. The highest BCUT2D eigenvalue weighted by atomic mass is 79.9. The highest BCUT2D eigenvalue weighted by Crippen LogP contribution is 2.30. The summed E-state index contributed by atoms with van der Waals surface area (Å²) in [4.78, 5) is 4.46. The molecule has 19 heavy (non-hydrogen) atoms. The summed E-state index contributed by atoms with van der Waals surface area (Å²) in [6.07, 6.45) is 0. The molecule has 0 atom stereocenters. The molecule has 0 aromatic heterocycles. The van der Waals surface area contributed by atoms with E-state index < -0.39 is 0 Å². The van der Waals surface area contributed by atoms with Crippen LogP contribution in [0.5, 0.6) is 0 Å². The van der Waals surface area contributed by atoms with Crippen LogP contribution in [0.1, 0.15) is 40.2 Å². The van der Waals surface area contributed by atoms with Gasteiger partial charge in [-0.2, -0.15) is 0 Å². The van der Waals surface area contributed by atoms with Gasteiger partial charge in [-0.25, -0.2) is 0 Å². The minimum atomic E-state index is -0.0652. The summed E-state index contributed by atoms with van der Waals surface area (Å²) in [5.74, 6) is 0.493. The van der Waals surface area contributed by atoms with Gasteiger partial charge in [-0.3, -0.25) is 4.99 Å². The molecule has 0 spiro atoms. The summed E-state index contributed by atoms with van der Waals surface area (Å²) in [5, 5.41) is 3.17. The Bertz CT molecular complexity index is 459. The molecule has 106 valence electrons. The first-order chi connectivity index (χ1) is 8.62. The fourth-order valence-corrected chi connectivity index (χ4v) is 2.62. The third-order valence-corrected chi connectivity index (χ3v) is 3.44. The van der Waals surface area contributed by atoms with Crippen LogP contribution in [0.4, 0.5) is 0 Å². The number of hydrogen-bond donors (Lipinski definition) is 2. The fourth-order valence-electron chi connectivity index (χ4n) is 1.80. The number of nitrogens with zero attached hydrogens (tertiary/aromatic N) is 1. The molecule has 0 aliphatic rings. The van der Waals surface area contributed by atoms with Crippen molar-refractivity contribution in [3.8, 4) is 0 Å². The zero-order chi connectivity index (χ0) is 14.7. The van der Waals surface area contributed by atoms with Gasteiger partial charge in [-0.05, 0) is 32.4 Å². The highest BCUT2D eigenvalue weighted by molar-refractivity contribution is 9.10. The standard InChI is InChI=1S/C15H24BrN3/c1-14(2,3)19-13(17)18-10-15(4,5)11-8-6-7-9-12(11)16/h6-9H,10H2,1-5H3,(H3,17,18,19). The topological polar surface area (TPSA) is 50.4 Å². The van der Waals surface area contributed by atoms with E-state index >= 15 is 0 Å². The van der Waals surface area contributed by atoms with Gasteiger partial charge in [-0.1, -0.05) is 48.0 Å². The van der Waals surface area contributed by atoms with Crippen LogP contribution in [-0.4, -0.2) is 18.0 Å². The largest absolute Gasteiger partial charge is 0.370 e. The van der Waals surface area contributed by atoms with Crippen LogP contribution < -0.4 is 11.1 Å². The third-order valence-electron chi connectivity index (χ3n) is 2.75. The number of aliphatic imine (C=N–C) groups is 1. The molecular formula is C15H24BrN3. The molecular weight excluding hydrogens is 302 g/mol. The molecule has 1 aromatic carbocycles. The molecule has 0 fully saturated rings. The summed E-state index contributed by atoms with van der Waals surface area (Å²) >= 11 is 3.59. The lowest BCUT2D eigenvalue weighted by Gasteiger charge is -2.26. The Morgan fingerprint density at radius 2 is 1.79 bits per heavy atom. The quantitative estimate of drug-likeness (QED) is 0.660. The van der Waals surface area contributed by atoms with Gasteiger partial charge in [0, 0.05) is 15.4 Å². The van der Waals surface area contributed by atoms with Crippen LogP contribution in [0.15, 0.2) is 33.7 Å². The molecule has 0 bridgehead atoms. The summed E-state index contributed by atoms with van der Waals surface area (Å²) < 4.78 is 1.11. The molecule has 4 heteroatoms. The van der Waals surface area contributed by atoms with Gasteiger partial charge in [0.25, 0.3) is 0 Å². The van der Waals surface area contributed by atoms with Crippen molar-refractivity contribution >= 4 is 21.9 Å². The SMILES string of the molecule is CC(C)(C)NC(N)=NCC(C)(C)c1ccccc1Br. The first-order valence-electron chi connectivity index (χ1n) is 6.45. The van der Waals surface area contributed by atoms with Crippen LogP contribution in [0.2, 0.25) is 0 Å². The van der Waals surface area contributed by atoms with Gasteiger partial charge in [-0.15, -0.1) is 0 Å². The maximum absolute atomic E-state index is 5.91. The molecule has 1 rings (SSSR count). The van der Waals surface area contributed by atoms with Gasteiger partial charge in [0.2, 0.25) is 0 Å². The van der Waals surface area contributed by atoms with Gasteiger partial charge >= 0.3 is 0 Å². The van der Waals surface area contributed by atoms with Crippen molar-refractivity contribution in [3.63, 3.8) is 0 Å². The van der Waals surface area contributed by atoms with Crippen molar-refractivity contribution < 1.29 is 0 Å². The van der Waals surface area contributed by atoms with Crippen LogP contribution in [-0.2, 0) is 5.41 Å². The normalized spacial score (nSPS) is 13.5. The van der Waals surface area contributed by atoms with Gasteiger partial charge < -0.3 is 11.1 Å². The van der Waals surface area contributed by atoms with E-state index in [0.717, 1.165) is 4.47 Å². The second-order valence-corrected chi connectivity index (χ2v) is 7.29. The maximum Gasteiger partial charge on any atom is 0.189 e. The van der Waals surface area contributed by atoms with E-state index in [9.17, 15) is 0 Å². The van der Waals surface area contributed by atoms with Crippen molar-refractivity contribution in [2.24, 2.45) is 10.7 Å². The number of halogens is 1. The Balaban J connectivity index is 2.81. The molecule has 1 aromatic rings. The summed E-state index contributed by atoms with van der Waals surface area (Å²) in [6.45, 7) is 11.2. The van der Waals surface area contributed by atoms with Crippen molar-refractivity contribution in [1.82, 2.24) is 5.32 Å². The molecule has 3 N–H and O–H groups in total. The smallest absolute Gasteiger partial charge is 0.189 e. The molecule has 0 aliphatic carbocycles. The van der Waals surface area contributed by atoms with Crippen LogP contribution in [0.3, 0.4) is 0 Å². The summed E-state index contributed by atoms with van der Waals surface area (Å²) in [6, 6.07) is 8.23. The Kier molecular flexibility index (Phi) is 5.02. The van der Waals surface area contributed by atoms with E-state index in [1.54, 1.807) is 0 Å². The Morgan fingerprint density at radius 3 is 2.32 bits per heavy atom. The first kappa shape index (κ1) is 16.0. The van der Waals surface area contributed by atoms with Crippen LogP contribution in [0, 0.1) is 0 Å². The van der Waals surface area contributed by atoms with E-state index in [-0.39, 0.29) is 11.0 Å². The van der Waals surface area contributed by atoms with Crippen molar-refractivity contribution in [2.75, 3.05) is 6.54 Å². The van der Waals surface area contributed by atoms with Crippen LogP contribution in [0.25, 0.3) is 0 Å². The minimum absolute atomic E-state index is 0.0644. The van der Waals surface area contributed by atoms with E-state index in [1.165, 1.54) is 5.56 Å². The average molecular weight is 326 g/mol. The number of rotatable bonds is 3. The van der Waals surface area contributed by atoms with E-state index in [4.69, 9.17) is 5.73 Å². The van der Waals surface area contributed by atoms with E-state index in [2.05, 4.69) is 73.0 Å². The minimum Gasteiger partial charge on any atom is -0.370 e. The molecule has 0 amide bonds. The molecule has 0 saturated carbocycles. The molecule has 0 heterocycles. The molecule has 0 aliphatic heterocycles. The van der Waals surface area contributed by atoms with E-state index in [1.807, 2.05) is 12.1 Å². The second-order valence-electron chi connectivity index (χ2n) is 6.44. The first-order valence-corrected chi connectivity index (χ1v) is 7.24. The number of hydrogen-bond acceptors (Lipinski definition) is 1. The molecule has 0 saturated heterocycles. The Morgan fingerprint density at radius 1 is 1.21 bits per heavy atom. The lowest BCUT2D eigenvalue weighted by atomic mass is 9.85. The second kappa shape index (κ2) is 5.95. The third kappa shape index (κ3) is 5.23.